The van der Waals surface area contributed by atoms with E-state index in [-0.39, 0.29) is 24.3 Å². The molecule has 2 saturated heterocycles. The van der Waals surface area contributed by atoms with Gasteiger partial charge in [0.15, 0.2) is 0 Å². The number of halogens is 2. The number of rotatable bonds is 2. The highest BCUT2D eigenvalue weighted by molar-refractivity contribution is 6.38. The molecule has 6 heteroatoms. The molecule has 0 radical (unpaired) electrons. The summed E-state index contributed by atoms with van der Waals surface area (Å²) in [5.74, 6) is 0.312. The summed E-state index contributed by atoms with van der Waals surface area (Å²) in [7, 11) is 0. The molecule has 1 aromatic rings. The maximum absolute atomic E-state index is 12.7. The van der Waals surface area contributed by atoms with Crippen LogP contribution in [0.2, 0.25) is 10.0 Å². The second-order valence-electron chi connectivity index (χ2n) is 6.10. The van der Waals surface area contributed by atoms with Crippen molar-refractivity contribution in [1.82, 2.24) is 4.90 Å². The lowest BCUT2D eigenvalue weighted by molar-refractivity contribution is -0.123. The maximum atomic E-state index is 12.7. The third-order valence-electron chi connectivity index (χ3n) is 4.53. The summed E-state index contributed by atoms with van der Waals surface area (Å²) in [6.45, 7) is 3.96. The van der Waals surface area contributed by atoms with E-state index in [1.54, 1.807) is 18.2 Å². The van der Waals surface area contributed by atoms with E-state index in [0.717, 1.165) is 25.9 Å². The molecule has 0 aromatic heterocycles. The predicted octanol–water partition coefficient (Wildman–Crippen LogP) is 3.36. The van der Waals surface area contributed by atoms with Gasteiger partial charge in [-0.3, -0.25) is 14.5 Å². The Hall–Kier alpha value is -1.10. The van der Waals surface area contributed by atoms with E-state index in [2.05, 4.69) is 11.8 Å². The van der Waals surface area contributed by atoms with Crippen molar-refractivity contribution in [3.05, 3.63) is 28.2 Å². The van der Waals surface area contributed by atoms with Crippen LogP contribution in [0.5, 0.6) is 0 Å². The van der Waals surface area contributed by atoms with E-state index < -0.39 is 0 Å². The number of amides is 2. The van der Waals surface area contributed by atoms with E-state index >= 15 is 0 Å². The van der Waals surface area contributed by atoms with Crippen molar-refractivity contribution in [2.75, 3.05) is 18.0 Å². The number of carbonyl (C=O) groups excluding carboxylic acids is 2. The molecule has 2 fully saturated rings. The minimum Gasteiger partial charge on any atom is -0.292 e. The van der Waals surface area contributed by atoms with Crippen LogP contribution in [0.1, 0.15) is 26.2 Å². The van der Waals surface area contributed by atoms with Gasteiger partial charge in [0.05, 0.1) is 23.2 Å². The number of piperidine rings is 1. The summed E-state index contributed by atoms with van der Waals surface area (Å²) in [6, 6.07) is 4.46. The van der Waals surface area contributed by atoms with E-state index in [1.165, 1.54) is 4.90 Å². The van der Waals surface area contributed by atoms with Crippen LogP contribution in [0.4, 0.5) is 5.69 Å². The summed E-state index contributed by atoms with van der Waals surface area (Å²) in [5.41, 5.74) is 0.425. The first-order valence-electron chi connectivity index (χ1n) is 7.53. The largest absolute Gasteiger partial charge is 0.292 e. The van der Waals surface area contributed by atoms with Crippen LogP contribution < -0.4 is 4.90 Å². The van der Waals surface area contributed by atoms with Gasteiger partial charge in [0, 0.05) is 5.02 Å². The Balaban J connectivity index is 1.82. The van der Waals surface area contributed by atoms with Crippen molar-refractivity contribution in [3.8, 4) is 0 Å². The van der Waals surface area contributed by atoms with Crippen molar-refractivity contribution in [2.24, 2.45) is 5.92 Å². The van der Waals surface area contributed by atoms with Crippen molar-refractivity contribution in [1.29, 1.82) is 0 Å². The molecule has 0 N–H and O–H groups in total. The third kappa shape index (κ3) is 2.87. The van der Waals surface area contributed by atoms with Gasteiger partial charge >= 0.3 is 0 Å². The van der Waals surface area contributed by atoms with Crippen molar-refractivity contribution in [2.45, 2.75) is 32.2 Å². The van der Waals surface area contributed by atoms with Crippen molar-refractivity contribution in [3.63, 3.8) is 0 Å². The SMILES string of the molecule is CC1CCN([C@H]2CC(=O)N(c3ccc(Cl)cc3Cl)C2=O)CC1. The molecule has 0 saturated carbocycles. The van der Waals surface area contributed by atoms with E-state index in [4.69, 9.17) is 23.2 Å². The highest BCUT2D eigenvalue weighted by Gasteiger charge is 2.43. The molecule has 2 amide bonds. The van der Waals surface area contributed by atoms with E-state index in [1.807, 2.05) is 0 Å². The van der Waals surface area contributed by atoms with E-state index in [0.29, 0.717) is 21.7 Å². The molecule has 0 aliphatic carbocycles. The Morgan fingerprint density at radius 2 is 1.82 bits per heavy atom. The molecule has 2 aliphatic rings. The van der Waals surface area contributed by atoms with Crippen LogP contribution in [-0.2, 0) is 9.59 Å². The minimum atomic E-state index is -0.355. The Morgan fingerprint density at radius 1 is 1.14 bits per heavy atom. The van der Waals surface area contributed by atoms with Gasteiger partial charge in [0.1, 0.15) is 0 Å². The smallest absolute Gasteiger partial charge is 0.251 e. The average molecular weight is 341 g/mol. The highest BCUT2D eigenvalue weighted by atomic mass is 35.5. The summed E-state index contributed by atoms with van der Waals surface area (Å²) < 4.78 is 0. The van der Waals surface area contributed by atoms with Crippen LogP contribution in [0.25, 0.3) is 0 Å². The Kier molecular flexibility index (Phi) is 4.44. The minimum absolute atomic E-state index is 0.177. The van der Waals surface area contributed by atoms with Gasteiger partial charge < -0.3 is 0 Å². The summed E-state index contributed by atoms with van der Waals surface area (Å²) >= 11 is 12.0. The molecular formula is C16H18Cl2N2O2. The van der Waals surface area contributed by atoms with Crippen molar-refractivity contribution < 1.29 is 9.59 Å². The molecule has 118 valence electrons. The fourth-order valence-electron chi connectivity index (χ4n) is 3.16. The number of hydrogen-bond donors (Lipinski definition) is 0. The normalized spacial score (nSPS) is 24.3. The number of hydrogen-bond acceptors (Lipinski definition) is 3. The fraction of sp³-hybridized carbons (Fsp3) is 0.500. The second kappa shape index (κ2) is 6.19. The Bertz CT molecular complexity index is 612. The molecular weight excluding hydrogens is 323 g/mol. The Labute approximate surface area is 140 Å². The van der Waals surface area contributed by atoms with Crippen LogP contribution in [0.15, 0.2) is 18.2 Å². The van der Waals surface area contributed by atoms with Gasteiger partial charge in [0.25, 0.3) is 5.91 Å². The summed E-state index contributed by atoms with van der Waals surface area (Å²) in [6.07, 6.45) is 2.37. The van der Waals surface area contributed by atoms with Crippen LogP contribution in [0.3, 0.4) is 0 Å². The molecule has 2 heterocycles. The van der Waals surface area contributed by atoms with Crippen LogP contribution >= 0.6 is 23.2 Å². The topological polar surface area (TPSA) is 40.6 Å². The van der Waals surface area contributed by atoms with Gasteiger partial charge in [-0.2, -0.15) is 0 Å². The second-order valence-corrected chi connectivity index (χ2v) is 6.95. The van der Waals surface area contributed by atoms with Gasteiger partial charge in [-0.15, -0.1) is 0 Å². The van der Waals surface area contributed by atoms with Gasteiger partial charge in [-0.05, 0) is 50.0 Å². The highest BCUT2D eigenvalue weighted by Crippen LogP contribution is 2.34. The fourth-order valence-corrected chi connectivity index (χ4v) is 3.65. The lowest BCUT2D eigenvalue weighted by Crippen LogP contribution is -2.45. The molecule has 1 atom stereocenters. The number of anilines is 1. The zero-order valence-corrected chi connectivity index (χ0v) is 13.9. The standard InChI is InChI=1S/C16H18Cl2N2O2/c1-10-4-6-19(7-5-10)14-9-15(21)20(16(14)22)13-3-2-11(17)8-12(13)18/h2-3,8,10,14H,4-7,9H2,1H3/t14-/m0/s1. The molecule has 1 aromatic carbocycles. The first kappa shape index (κ1) is 15.8. The number of likely N-dealkylation sites (tertiary alicyclic amines) is 1. The van der Waals surface area contributed by atoms with Crippen LogP contribution in [0, 0.1) is 5.92 Å². The van der Waals surface area contributed by atoms with Gasteiger partial charge in [-0.25, -0.2) is 4.90 Å². The molecule has 2 aliphatic heterocycles. The predicted molar refractivity (Wildman–Crippen MR) is 87.3 cm³/mol. The molecule has 0 spiro atoms. The number of carbonyl (C=O) groups is 2. The van der Waals surface area contributed by atoms with Crippen LogP contribution in [-0.4, -0.2) is 35.8 Å². The number of benzene rings is 1. The first-order chi connectivity index (χ1) is 10.5. The van der Waals surface area contributed by atoms with Gasteiger partial charge in [-0.1, -0.05) is 30.1 Å². The van der Waals surface area contributed by atoms with Crippen molar-refractivity contribution >= 4 is 40.7 Å². The van der Waals surface area contributed by atoms with Gasteiger partial charge in [0.2, 0.25) is 5.91 Å². The summed E-state index contributed by atoms with van der Waals surface area (Å²) in [5, 5.41) is 0.802. The molecule has 3 rings (SSSR count). The molecule has 0 unspecified atom stereocenters. The number of nitrogens with zero attached hydrogens (tertiary/aromatic N) is 2. The average Bonchev–Trinajstić information content (AvgIpc) is 2.76. The maximum Gasteiger partial charge on any atom is 0.251 e. The molecule has 22 heavy (non-hydrogen) atoms. The molecule has 0 bridgehead atoms. The first-order valence-corrected chi connectivity index (χ1v) is 8.29. The number of imide groups is 1. The van der Waals surface area contributed by atoms with E-state index in [9.17, 15) is 9.59 Å². The monoisotopic (exact) mass is 340 g/mol. The Morgan fingerprint density at radius 3 is 2.45 bits per heavy atom. The molecule has 4 nitrogen and oxygen atoms in total. The third-order valence-corrected chi connectivity index (χ3v) is 5.07. The lowest BCUT2D eigenvalue weighted by atomic mass is 9.97. The quantitative estimate of drug-likeness (QED) is 0.775. The lowest BCUT2D eigenvalue weighted by Gasteiger charge is -2.33. The zero-order chi connectivity index (χ0) is 15.9. The summed E-state index contributed by atoms with van der Waals surface area (Å²) in [4.78, 5) is 28.4. The zero-order valence-electron chi connectivity index (χ0n) is 12.4.